The van der Waals surface area contributed by atoms with Crippen LogP contribution in [0, 0.1) is 0 Å². The molecule has 2 aliphatic rings. The lowest BCUT2D eigenvalue weighted by Crippen LogP contribution is -2.56. The molecule has 0 bridgehead atoms. The Morgan fingerprint density at radius 1 is 0.951 bits per heavy atom. The molecule has 216 valence electrons. The van der Waals surface area contributed by atoms with E-state index >= 15 is 0 Å². The summed E-state index contributed by atoms with van der Waals surface area (Å²) < 4.78 is 90.9. The number of fused-ring (bicyclic) bond motifs is 2. The van der Waals surface area contributed by atoms with Crippen LogP contribution in [0.25, 0.3) is 0 Å². The number of nitrogens with zero attached hydrogens (tertiary/aromatic N) is 3. The molecule has 0 aromatic heterocycles. The Kier molecular flexibility index (Phi) is 7.22. The molecule has 3 aromatic rings. The summed E-state index contributed by atoms with van der Waals surface area (Å²) >= 11 is 0. The van der Waals surface area contributed by atoms with Crippen LogP contribution in [0.5, 0.6) is 17.2 Å². The predicted octanol–water partition coefficient (Wildman–Crippen LogP) is 7.16. The lowest BCUT2D eigenvalue weighted by Gasteiger charge is -2.41. The maximum atomic E-state index is 13.5. The van der Waals surface area contributed by atoms with E-state index in [9.17, 15) is 31.1 Å². The number of aliphatic imine (C=N–C) groups is 1. The highest BCUT2D eigenvalue weighted by atomic mass is 19.4. The monoisotopic (exact) mass is 578 g/mol. The third-order valence-electron chi connectivity index (χ3n) is 6.79. The third kappa shape index (κ3) is 5.88. The first kappa shape index (κ1) is 28.1. The number of halogens is 6. The number of urea groups is 1. The van der Waals surface area contributed by atoms with Crippen molar-refractivity contribution in [1.29, 1.82) is 0 Å². The first-order chi connectivity index (χ1) is 19.3. The van der Waals surface area contributed by atoms with Gasteiger partial charge in [0, 0.05) is 31.4 Å². The van der Waals surface area contributed by atoms with Crippen molar-refractivity contribution in [2.75, 3.05) is 32.1 Å². The second-order valence-electron chi connectivity index (χ2n) is 9.58. The number of piperazine rings is 1. The van der Waals surface area contributed by atoms with Crippen LogP contribution in [0.3, 0.4) is 0 Å². The minimum atomic E-state index is -4.58. The summed E-state index contributed by atoms with van der Waals surface area (Å²) in [7, 11) is 1.48. The van der Waals surface area contributed by atoms with E-state index < -0.39 is 35.6 Å². The number of rotatable bonds is 2. The van der Waals surface area contributed by atoms with Crippen molar-refractivity contribution in [3.8, 4) is 17.2 Å². The van der Waals surface area contributed by atoms with Gasteiger partial charge >= 0.3 is 18.4 Å². The molecule has 2 heterocycles. The molecule has 5 rings (SSSR count). The van der Waals surface area contributed by atoms with Gasteiger partial charge in [-0.2, -0.15) is 26.3 Å². The lowest BCUT2D eigenvalue weighted by atomic mass is 10.1. The van der Waals surface area contributed by atoms with Gasteiger partial charge in [0.15, 0.2) is 5.75 Å². The molecule has 1 saturated heterocycles. The summed E-state index contributed by atoms with van der Waals surface area (Å²) in [4.78, 5) is 20.9. The zero-order chi connectivity index (χ0) is 29.5. The van der Waals surface area contributed by atoms with Crippen LogP contribution in [0.15, 0.2) is 65.7 Å². The van der Waals surface area contributed by atoms with Crippen molar-refractivity contribution < 1.29 is 40.6 Å². The fourth-order valence-electron chi connectivity index (χ4n) is 4.72. The predicted molar refractivity (Wildman–Crippen MR) is 139 cm³/mol. The van der Waals surface area contributed by atoms with Gasteiger partial charge in [0.05, 0.1) is 23.8 Å². The van der Waals surface area contributed by atoms with Crippen molar-refractivity contribution in [3.05, 3.63) is 77.4 Å². The average Bonchev–Trinajstić information content (AvgIpc) is 3.08. The zero-order valence-corrected chi connectivity index (χ0v) is 21.8. The largest absolute Gasteiger partial charge is 0.497 e. The highest BCUT2D eigenvalue weighted by molar-refractivity contribution is 6.04. The van der Waals surface area contributed by atoms with Gasteiger partial charge in [-0.15, -0.1) is 0 Å². The Morgan fingerprint density at radius 2 is 1.66 bits per heavy atom. The first-order valence-electron chi connectivity index (χ1n) is 12.5. The Bertz CT molecular complexity index is 1500. The number of hydrogen-bond acceptors (Lipinski definition) is 5. The second kappa shape index (κ2) is 10.5. The van der Waals surface area contributed by atoms with Crippen LogP contribution in [-0.2, 0) is 12.4 Å². The summed E-state index contributed by atoms with van der Waals surface area (Å²) in [6, 6.07) is 11.4. The summed E-state index contributed by atoms with van der Waals surface area (Å²) in [5.74, 6) is 1.32. The molecule has 2 amide bonds. The first-order valence-corrected chi connectivity index (χ1v) is 12.5. The number of carbonyl (C=O) groups excluding carboxylic acids is 1. The number of ether oxygens (including phenoxy) is 2. The number of methoxy groups -OCH3 is 1. The van der Waals surface area contributed by atoms with Gasteiger partial charge in [0.2, 0.25) is 0 Å². The van der Waals surface area contributed by atoms with Gasteiger partial charge in [0.1, 0.15) is 23.0 Å². The molecule has 1 fully saturated rings. The van der Waals surface area contributed by atoms with E-state index in [1.807, 2.05) is 4.90 Å². The van der Waals surface area contributed by atoms with Crippen molar-refractivity contribution in [1.82, 2.24) is 9.80 Å². The summed E-state index contributed by atoms with van der Waals surface area (Å²) in [5, 5.41) is 2.52. The van der Waals surface area contributed by atoms with E-state index in [2.05, 4.69) is 10.3 Å². The number of nitrogens with one attached hydrogen (secondary N) is 1. The molecule has 1 N–H and O–H groups in total. The number of amidine groups is 1. The van der Waals surface area contributed by atoms with Gasteiger partial charge in [-0.05, 0) is 61.5 Å². The average molecular weight is 579 g/mol. The smallest absolute Gasteiger partial charge is 0.416 e. The Hall–Kier alpha value is -4.42. The van der Waals surface area contributed by atoms with E-state index in [1.54, 1.807) is 25.1 Å². The molecule has 0 radical (unpaired) electrons. The van der Waals surface area contributed by atoms with Crippen LogP contribution in [0.1, 0.15) is 23.6 Å². The third-order valence-corrected chi connectivity index (χ3v) is 6.79. The van der Waals surface area contributed by atoms with Crippen molar-refractivity contribution in [2.24, 2.45) is 4.99 Å². The molecule has 0 spiro atoms. The molecule has 0 aliphatic carbocycles. The van der Waals surface area contributed by atoms with Crippen LogP contribution < -0.4 is 14.8 Å². The molecule has 13 heteroatoms. The number of benzene rings is 3. The topological polar surface area (TPSA) is 66.4 Å². The molecule has 41 heavy (non-hydrogen) atoms. The van der Waals surface area contributed by atoms with Gasteiger partial charge in [-0.1, -0.05) is 6.07 Å². The van der Waals surface area contributed by atoms with E-state index in [0.717, 1.165) is 24.3 Å². The number of anilines is 1. The van der Waals surface area contributed by atoms with Gasteiger partial charge in [-0.3, -0.25) is 0 Å². The molecular weight excluding hydrogens is 554 g/mol. The fourth-order valence-corrected chi connectivity index (χ4v) is 4.72. The van der Waals surface area contributed by atoms with Gasteiger partial charge < -0.3 is 24.6 Å². The molecule has 2 aliphatic heterocycles. The number of amides is 2. The Balaban J connectivity index is 1.42. The number of alkyl halides is 6. The normalized spacial score (nSPS) is 17.1. The van der Waals surface area contributed by atoms with Crippen LogP contribution in [-0.4, -0.2) is 54.5 Å². The summed E-state index contributed by atoms with van der Waals surface area (Å²) in [6.45, 7) is 2.40. The zero-order valence-electron chi connectivity index (χ0n) is 21.8. The summed E-state index contributed by atoms with van der Waals surface area (Å²) in [5.41, 5.74) is -1.28. The maximum absolute atomic E-state index is 13.5. The van der Waals surface area contributed by atoms with Gasteiger partial charge in [-0.25, -0.2) is 9.79 Å². The standard InChI is InChI=1S/C28H24F6N4O3/c1-16-15-37(10-11-38(16)26(39)35-19-5-3-4-17(12-19)27(29,30)31)25-21-14-20(40-2)7-9-23(21)41-24-8-6-18(28(32,33)34)13-22(24)36-25/h3-9,12-14,16H,10-11,15H2,1-2H3,(H,35,39)/t16-/m1/s1. The minimum Gasteiger partial charge on any atom is -0.497 e. The SMILES string of the molecule is COc1ccc2c(c1)C(N1CCN(C(=O)Nc3cccc(C(F)(F)F)c3)[C@H](C)C1)=Nc1cc(C(F)(F)F)ccc1O2. The van der Waals surface area contributed by atoms with E-state index in [-0.39, 0.29) is 36.8 Å². The Morgan fingerprint density at radius 3 is 2.34 bits per heavy atom. The Labute approximate surface area is 231 Å². The second-order valence-corrected chi connectivity index (χ2v) is 9.58. The van der Waals surface area contributed by atoms with Crippen molar-refractivity contribution >= 4 is 23.2 Å². The number of hydrogen-bond donors (Lipinski definition) is 1. The summed E-state index contributed by atoms with van der Waals surface area (Å²) in [6.07, 6.45) is -9.14. The van der Waals surface area contributed by atoms with E-state index in [1.165, 1.54) is 30.2 Å². The molecule has 1 atom stereocenters. The number of carbonyl (C=O) groups is 1. The van der Waals surface area contributed by atoms with Crippen LogP contribution in [0.4, 0.5) is 42.5 Å². The fraction of sp³-hybridized carbons (Fsp3) is 0.286. The van der Waals surface area contributed by atoms with E-state index in [0.29, 0.717) is 22.9 Å². The van der Waals surface area contributed by atoms with Crippen LogP contribution >= 0.6 is 0 Å². The molecule has 3 aromatic carbocycles. The van der Waals surface area contributed by atoms with Crippen molar-refractivity contribution in [2.45, 2.75) is 25.3 Å². The molecule has 0 unspecified atom stereocenters. The quantitative estimate of drug-likeness (QED) is 0.328. The maximum Gasteiger partial charge on any atom is 0.416 e. The molecular formula is C28H24F6N4O3. The van der Waals surface area contributed by atoms with Crippen molar-refractivity contribution in [3.63, 3.8) is 0 Å². The van der Waals surface area contributed by atoms with Gasteiger partial charge in [0.25, 0.3) is 0 Å². The lowest BCUT2D eigenvalue weighted by molar-refractivity contribution is -0.138. The highest BCUT2D eigenvalue weighted by Crippen LogP contribution is 2.42. The molecule has 7 nitrogen and oxygen atoms in total. The minimum absolute atomic E-state index is 0.00263. The molecule has 0 saturated carbocycles. The van der Waals surface area contributed by atoms with E-state index in [4.69, 9.17) is 9.47 Å². The van der Waals surface area contributed by atoms with Crippen LogP contribution in [0.2, 0.25) is 0 Å². The highest BCUT2D eigenvalue weighted by Gasteiger charge is 2.35.